The van der Waals surface area contributed by atoms with Crippen molar-refractivity contribution in [3.8, 4) is 5.75 Å². The zero-order chi connectivity index (χ0) is 24.0. The summed E-state index contributed by atoms with van der Waals surface area (Å²) in [7, 11) is 1.62. The second-order valence-electron chi connectivity index (χ2n) is 8.88. The first-order chi connectivity index (χ1) is 16.3. The number of ether oxygens (including phenoxy) is 1. The number of fused-ring (bicyclic) bond motifs is 2. The Kier molecular flexibility index (Phi) is 5.57. The first-order valence-electron chi connectivity index (χ1n) is 11.2. The van der Waals surface area contributed by atoms with Crippen LogP contribution in [0.4, 0.5) is 18.9 Å². The van der Waals surface area contributed by atoms with Crippen molar-refractivity contribution in [3.05, 3.63) is 42.1 Å². The third-order valence-electron chi connectivity index (χ3n) is 6.81. The standard InChI is InChI=1S/C23H25F3N6O2/c1-14-12-30(19-5-7-27-18-11-15(34-2)3-4-17(18)19)8-6-16(14)21(33)31-9-10-32-20(13-31)28-29-22(32)23(24,25)26/h3-5,7,11,14,16H,6,8-10,12-13H2,1-2H3. The van der Waals surface area contributed by atoms with E-state index in [0.29, 0.717) is 19.5 Å². The number of carbonyl (C=O) groups excluding carboxylic acids is 1. The third-order valence-corrected chi connectivity index (χ3v) is 6.81. The zero-order valence-corrected chi connectivity index (χ0v) is 18.9. The van der Waals surface area contributed by atoms with E-state index < -0.39 is 12.0 Å². The normalized spacial score (nSPS) is 21.0. The van der Waals surface area contributed by atoms with Gasteiger partial charge in [-0.3, -0.25) is 9.78 Å². The van der Waals surface area contributed by atoms with E-state index in [-0.39, 0.29) is 43.2 Å². The fourth-order valence-electron chi connectivity index (χ4n) is 5.04. The number of hydrogen-bond donors (Lipinski definition) is 0. The van der Waals surface area contributed by atoms with Crippen LogP contribution in [0.2, 0.25) is 0 Å². The van der Waals surface area contributed by atoms with E-state index in [1.807, 2.05) is 24.3 Å². The first kappa shape index (κ1) is 22.4. The van der Waals surface area contributed by atoms with Gasteiger partial charge < -0.3 is 19.1 Å². The van der Waals surface area contributed by atoms with Gasteiger partial charge in [0.2, 0.25) is 11.7 Å². The summed E-state index contributed by atoms with van der Waals surface area (Å²) in [5.74, 6) is -0.225. The fraction of sp³-hybridized carbons (Fsp3) is 0.478. The summed E-state index contributed by atoms with van der Waals surface area (Å²) < 4.78 is 45.7. The fourth-order valence-corrected chi connectivity index (χ4v) is 5.04. The van der Waals surface area contributed by atoms with Crippen molar-refractivity contribution >= 4 is 22.5 Å². The Balaban J connectivity index is 1.29. The minimum absolute atomic E-state index is 0.0284. The van der Waals surface area contributed by atoms with Crippen LogP contribution in [0.15, 0.2) is 30.5 Å². The number of halogens is 3. The lowest BCUT2D eigenvalue weighted by Gasteiger charge is -2.40. The third kappa shape index (κ3) is 3.92. The van der Waals surface area contributed by atoms with Gasteiger partial charge in [0.25, 0.3) is 0 Å². The van der Waals surface area contributed by atoms with Gasteiger partial charge >= 0.3 is 6.18 Å². The topological polar surface area (TPSA) is 76.4 Å². The monoisotopic (exact) mass is 474 g/mol. The van der Waals surface area contributed by atoms with Gasteiger partial charge in [-0.2, -0.15) is 13.2 Å². The van der Waals surface area contributed by atoms with E-state index in [2.05, 4.69) is 27.0 Å². The summed E-state index contributed by atoms with van der Waals surface area (Å²) in [6, 6.07) is 7.79. The van der Waals surface area contributed by atoms with Crippen molar-refractivity contribution in [1.29, 1.82) is 0 Å². The van der Waals surface area contributed by atoms with E-state index in [1.165, 1.54) is 0 Å². The number of amides is 1. The number of methoxy groups -OCH3 is 1. The molecule has 2 atom stereocenters. The Hall–Kier alpha value is -3.37. The van der Waals surface area contributed by atoms with Crippen LogP contribution >= 0.6 is 0 Å². The van der Waals surface area contributed by atoms with Gasteiger partial charge in [0.15, 0.2) is 5.82 Å². The number of hydrogen-bond acceptors (Lipinski definition) is 6. The molecule has 2 aliphatic rings. The highest BCUT2D eigenvalue weighted by atomic mass is 19.4. The van der Waals surface area contributed by atoms with E-state index >= 15 is 0 Å². The molecule has 2 unspecified atom stereocenters. The minimum atomic E-state index is -4.55. The lowest BCUT2D eigenvalue weighted by atomic mass is 9.85. The van der Waals surface area contributed by atoms with Crippen LogP contribution in [-0.2, 0) is 24.1 Å². The van der Waals surface area contributed by atoms with Gasteiger partial charge in [-0.25, -0.2) is 0 Å². The number of pyridine rings is 1. The van der Waals surface area contributed by atoms with Crippen molar-refractivity contribution in [2.45, 2.75) is 32.6 Å². The molecule has 2 aromatic heterocycles. The summed E-state index contributed by atoms with van der Waals surface area (Å²) in [6.07, 6.45) is -2.11. The summed E-state index contributed by atoms with van der Waals surface area (Å²) in [4.78, 5) is 21.7. The maximum absolute atomic E-state index is 13.3. The van der Waals surface area contributed by atoms with Crippen molar-refractivity contribution in [3.63, 3.8) is 0 Å². The molecule has 1 amide bonds. The number of aromatic nitrogens is 4. The number of nitrogens with zero attached hydrogens (tertiary/aromatic N) is 6. The summed E-state index contributed by atoms with van der Waals surface area (Å²) in [6.45, 7) is 3.76. The molecule has 180 valence electrons. The number of benzene rings is 1. The predicted molar refractivity (Wildman–Crippen MR) is 118 cm³/mol. The average Bonchev–Trinajstić information content (AvgIpc) is 3.27. The highest BCUT2D eigenvalue weighted by Gasteiger charge is 2.41. The second kappa shape index (κ2) is 8.44. The molecule has 34 heavy (non-hydrogen) atoms. The number of anilines is 1. The van der Waals surface area contributed by atoms with Gasteiger partial charge in [-0.05, 0) is 30.5 Å². The van der Waals surface area contributed by atoms with Crippen LogP contribution in [0.5, 0.6) is 5.75 Å². The predicted octanol–water partition coefficient (Wildman–Crippen LogP) is 3.36. The Labute approximate surface area is 194 Å². The molecule has 1 aromatic carbocycles. The van der Waals surface area contributed by atoms with Crippen molar-refractivity contribution < 1.29 is 22.7 Å². The first-order valence-corrected chi connectivity index (χ1v) is 11.2. The smallest absolute Gasteiger partial charge is 0.451 e. The van der Waals surface area contributed by atoms with E-state index in [0.717, 1.165) is 26.9 Å². The maximum atomic E-state index is 13.3. The van der Waals surface area contributed by atoms with Crippen molar-refractivity contribution in [1.82, 2.24) is 24.6 Å². The van der Waals surface area contributed by atoms with Crippen LogP contribution in [0.25, 0.3) is 10.9 Å². The molecule has 1 saturated heterocycles. The van der Waals surface area contributed by atoms with Gasteiger partial charge in [0, 0.05) is 55.4 Å². The second-order valence-corrected chi connectivity index (χ2v) is 8.88. The lowest BCUT2D eigenvalue weighted by molar-refractivity contribution is -0.148. The van der Waals surface area contributed by atoms with Gasteiger partial charge in [-0.15, -0.1) is 10.2 Å². The molecule has 11 heteroatoms. The van der Waals surface area contributed by atoms with Crippen LogP contribution in [0.1, 0.15) is 25.0 Å². The minimum Gasteiger partial charge on any atom is -0.497 e. The molecule has 0 N–H and O–H groups in total. The maximum Gasteiger partial charge on any atom is 0.451 e. The largest absolute Gasteiger partial charge is 0.497 e. The highest BCUT2D eigenvalue weighted by Crippen LogP contribution is 2.35. The van der Waals surface area contributed by atoms with Crippen LogP contribution < -0.4 is 9.64 Å². The van der Waals surface area contributed by atoms with Crippen LogP contribution in [-0.4, -0.2) is 57.3 Å². The molecule has 5 rings (SSSR count). The molecule has 0 bridgehead atoms. The molecule has 0 radical (unpaired) electrons. The van der Waals surface area contributed by atoms with Gasteiger partial charge in [0.05, 0.1) is 19.2 Å². The summed E-state index contributed by atoms with van der Waals surface area (Å²) >= 11 is 0. The Morgan fingerprint density at radius 1 is 1.15 bits per heavy atom. The Bertz CT molecular complexity index is 1230. The molecule has 1 fully saturated rings. The van der Waals surface area contributed by atoms with Gasteiger partial charge in [0.1, 0.15) is 5.75 Å². The molecule has 3 aromatic rings. The Morgan fingerprint density at radius 2 is 1.97 bits per heavy atom. The zero-order valence-electron chi connectivity index (χ0n) is 18.9. The quantitative estimate of drug-likeness (QED) is 0.580. The number of rotatable bonds is 3. The highest BCUT2D eigenvalue weighted by molar-refractivity contribution is 5.92. The van der Waals surface area contributed by atoms with Gasteiger partial charge in [-0.1, -0.05) is 6.92 Å². The van der Waals surface area contributed by atoms with E-state index in [9.17, 15) is 18.0 Å². The average molecular weight is 474 g/mol. The van der Waals surface area contributed by atoms with Crippen molar-refractivity contribution in [2.24, 2.45) is 11.8 Å². The SMILES string of the molecule is COc1ccc2c(N3CCC(C(=O)N4CCn5c(nnc5C(F)(F)F)C4)C(C)C3)ccnc2c1. The van der Waals surface area contributed by atoms with Crippen LogP contribution in [0.3, 0.4) is 0 Å². The van der Waals surface area contributed by atoms with Crippen molar-refractivity contribution in [2.75, 3.05) is 31.6 Å². The van der Waals surface area contributed by atoms with E-state index in [1.54, 1.807) is 18.2 Å². The summed E-state index contributed by atoms with van der Waals surface area (Å²) in [5, 5.41) is 8.01. The number of carbonyl (C=O) groups is 1. The molecule has 0 aliphatic carbocycles. The molecular formula is C23H25F3N6O2. The number of piperidine rings is 1. The summed E-state index contributed by atoms with van der Waals surface area (Å²) in [5.41, 5.74) is 1.91. The Morgan fingerprint density at radius 3 is 2.71 bits per heavy atom. The lowest BCUT2D eigenvalue weighted by Crippen LogP contribution is -2.49. The van der Waals surface area contributed by atoms with Crippen LogP contribution in [0, 0.1) is 11.8 Å². The molecular weight excluding hydrogens is 449 g/mol. The molecule has 8 nitrogen and oxygen atoms in total. The molecule has 4 heterocycles. The molecule has 0 spiro atoms. The molecule has 0 saturated carbocycles. The van der Waals surface area contributed by atoms with E-state index in [4.69, 9.17) is 4.74 Å². The molecule has 2 aliphatic heterocycles. The number of alkyl halides is 3.